The van der Waals surface area contributed by atoms with Gasteiger partial charge >= 0.3 is 6.03 Å². The molecule has 0 aromatic carbocycles. The van der Waals surface area contributed by atoms with E-state index in [0.29, 0.717) is 16.9 Å². The molecule has 0 saturated heterocycles. The van der Waals surface area contributed by atoms with Crippen molar-refractivity contribution in [2.75, 3.05) is 16.9 Å². The third-order valence-electron chi connectivity index (χ3n) is 4.43. The van der Waals surface area contributed by atoms with Gasteiger partial charge in [-0.2, -0.15) is 0 Å². The standard InChI is InChI=1S/C17H20ClN5O4S2/c1-29(26,27)20-9-13-15(18)28-17(22-13)23-16(25)21-12-6-7-19-8-11(12)14(24)10-4-2-3-5-10/h6-8,10,20H,2-5,9H2,1H3,(H2,19,21,22,23,25). The molecule has 1 saturated carbocycles. The van der Waals surface area contributed by atoms with E-state index >= 15 is 0 Å². The van der Waals surface area contributed by atoms with Gasteiger partial charge in [-0.1, -0.05) is 35.8 Å². The molecule has 2 aromatic heterocycles. The van der Waals surface area contributed by atoms with Gasteiger partial charge in [-0.15, -0.1) is 0 Å². The SMILES string of the molecule is CS(=O)(=O)NCc1nc(NC(=O)Nc2ccncc2C(=O)C2CCCC2)sc1Cl. The van der Waals surface area contributed by atoms with E-state index in [1.807, 2.05) is 0 Å². The van der Waals surface area contributed by atoms with Gasteiger partial charge in [0.2, 0.25) is 10.0 Å². The Morgan fingerprint density at radius 1 is 1.28 bits per heavy atom. The second-order valence-electron chi connectivity index (χ2n) is 6.68. The highest BCUT2D eigenvalue weighted by Crippen LogP contribution is 2.31. The van der Waals surface area contributed by atoms with Crippen LogP contribution in [0.4, 0.5) is 15.6 Å². The number of carbonyl (C=O) groups is 2. The molecular formula is C17H20ClN5O4S2. The Labute approximate surface area is 177 Å². The van der Waals surface area contributed by atoms with Crippen molar-refractivity contribution in [2.45, 2.75) is 32.2 Å². The van der Waals surface area contributed by atoms with E-state index in [-0.39, 0.29) is 27.7 Å². The predicted octanol–water partition coefficient (Wildman–Crippen LogP) is 3.26. The Bertz CT molecular complexity index is 1020. The van der Waals surface area contributed by atoms with E-state index in [1.165, 1.54) is 12.4 Å². The number of halogens is 1. The van der Waals surface area contributed by atoms with E-state index in [4.69, 9.17) is 11.6 Å². The summed E-state index contributed by atoms with van der Waals surface area (Å²) in [6, 6.07) is 0.975. The van der Waals surface area contributed by atoms with Gasteiger partial charge in [0, 0.05) is 18.3 Å². The van der Waals surface area contributed by atoms with Crippen molar-refractivity contribution in [3.05, 3.63) is 34.1 Å². The lowest BCUT2D eigenvalue weighted by atomic mass is 9.96. The predicted molar refractivity (Wildman–Crippen MR) is 112 cm³/mol. The number of aromatic nitrogens is 2. The Morgan fingerprint density at radius 2 is 2.00 bits per heavy atom. The van der Waals surface area contributed by atoms with E-state index in [2.05, 4.69) is 25.3 Å². The molecule has 0 spiro atoms. The van der Waals surface area contributed by atoms with Crippen molar-refractivity contribution in [3.8, 4) is 0 Å². The quantitative estimate of drug-likeness (QED) is 0.547. The minimum atomic E-state index is -3.40. The summed E-state index contributed by atoms with van der Waals surface area (Å²) in [7, 11) is -3.40. The number of pyridine rings is 1. The van der Waals surface area contributed by atoms with Crippen LogP contribution in [0.25, 0.3) is 0 Å². The second kappa shape index (κ2) is 9.16. The largest absolute Gasteiger partial charge is 0.325 e. The maximum absolute atomic E-state index is 12.7. The molecule has 1 aliphatic rings. The van der Waals surface area contributed by atoms with Crippen LogP contribution in [0.2, 0.25) is 4.34 Å². The average molecular weight is 458 g/mol. The maximum atomic E-state index is 12.7. The molecule has 12 heteroatoms. The minimum absolute atomic E-state index is 0.0164. The first-order valence-electron chi connectivity index (χ1n) is 8.89. The van der Waals surface area contributed by atoms with Crippen molar-refractivity contribution < 1.29 is 18.0 Å². The highest BCUT2D eigenvalue weighted by Gasteiger charge is 2.26. The average Bonchev–Trinajstić information content (AvgIpc) is 3.29. The summed E-state index contributed by atoms with van der Waals surface area (Å²) in [5, 5.41) is 5.40. The Kier molecular flexibility index (Phi) is 6.83. The molecule has 3 N–H and O–H groups in total. The number of nitrogens with zero attached hydrogens (tertiary/aromatic N) is 2. The number of hydrogen-bond donors (Lipinski definition) is 3. The third-order valence-corrected chi connectivity index (χ3v) is 6.35. The summed E-state index contributed by atoms with van der Waals surface area (Å²) < 4.78 is 24.9. The molecule has 0 unspecified atom stereocenters. The van der Waals surface area contributed by atoms with Gasteiger partial charge in [-0.05, 0) is 18.9 Å². The van der Waals surface area contributed by atoms with Crippen LogP contribution >= 0.6 is 22.9 Å². The van der Waals surface area contributed by atoms with Crippen molar-refractivity contribution >= 4 is 55.6 Å². The van der Waals surface area contributed by atoms with Crippen molar-refractivity contribution in [2.24, 2.45) is 5.92 Å². The van der Waals surface area contributed by atoms with Crippen molar-refractivity contribution in [1.29, 1.82) is 0 Å². The van der Waals surface area contributed by atoms with Crippen molar-refractivity contribution in [3.63, 3.8) is 0 Å². The first kappa shape index (κ1) is 21.6. The smallest absolute Gasteiger partial charge is 0.307 e. The summed E-state index contributed by atoms with van der Waals surface area (Å²) in [5.41, 5.74) is 1.05. The fourth-order valence-corrected chi connectivity index (χ4v) is 4.49. The maximum Gasteiger partial charge on any atom is 0.325 e. The number of rotatable bonds is 7. The monoisotopic (exact) mass is 457 g/mol. The van der Waals surface area contributed by atoms with Crippen LogP contribution in [-0.4, -0.2) is 36.5 Å². The molecule has 3 rings (SSSR count). The van der Waals surface area contributed by atoms with E-state index in [9.17, 15) is 18.0 Å². The molecule has 0 radical (unpaired) electrons. The lowest BCUT2D eigenvalue weighted by Gasteiger charge is -2.13. The summed E-state index contributed by atoms with van der Waals surface area (Å²) in [5.74, 6) is -0.0530. The Balaban J connectivity index is 1.66. The number of carbonyl (C=O) groups excluding carboxylic acids is 2. The number of sulfonamides is 1. The van der Waals surface area contributed by atoms with Crippen molar-refractivity contribution in [1.82, 2.24) is 14.7 Å². The van der Waals surface area contributed by atoms with Crippen LogP contribution in [0.1, 0.15) is 41.7 Å². The van der Waals surface area contributed by atoms with Crippen LogP contribution < -0.4 is 15.4 Å². The zero-order valence-electron chi connectivity index (χ0n) is 15.6. The fraction of sp³-hybridized carbons (Fsp3) is 0.412. The highest BCUT2D eigenvalue weighted by molar-refractivity contribution is 7.88. The third kappa shape index (κ3) is 5.95. The molecule has 1 aliphatic carbocycles. The molecule has 0 bridgehead atoms. The molecule has 0 atom stereocenters. The van der Waals surface area contributed by atoms with E-state index in [0.717, 1.165) is 43.3 Å². The molecule has 2 amide bonds. The lowest BCUT2D eigenvalue weighted by molar-refractivity contribution is 0.0923. The minimum Gasteiger partial charge on any atom is -0.307 e. The molecule has 9 nitrogen and oxygen atoms in total. The number of thiazole rings is 1. The first-order chi connectivity index (χ1) is 13.7. The van der Waals surface area contributed by atoms with Gasteiger partial charge in [0.05, 0.1) is 29.7 Å². The number of Topliss-reactive ketones (excluding diaryl/α,β-unsaturated/α-hetero) is 1. The topological polar surface area (TPSA) is 130 Å². The fourth-order valence-electron chi connectivity index (χ4n) is 3.05. The van der Waals surface area contributed by atoms with Gasteiger partial charge in [-0.3, -0.25) is 15.1 Å². The molecule has 2 aromatic rings. The second-order valence-corrected chi connectivity index (χ2v) is 10.1. The normalized spacial score (nSPS) is 14.7. The number of nitrogens with one attached hydrogen (secondary N) is 3. The highest BCUT2D eigenvalue weighted by atomic mass is 35.5. The van der Waals surface area contributed by atoms with Gasteiger partial charge in [-0.25, -0.2) is 22.9 Å². The molecule has 1 fully saturated rings. The molecule has 0 aliphatic heterocycles. The van der Waals surface area contributed by atoms with Crippen LogP contribution in [0.3, 0.4) is 0 Å². The summed E-state index contributed by atoms with van der Waals surface area (Å²) in [6.45, 7) is -0.0815. The van der Waals surface area contributed by atoms with E-state index in [1.54, 1.807) is 6.07 Å². The number of urea groups is 1. The number of amides is 2. The van der Waals surface area contributed by atoms with Gasteiger partial charge in [0.25, 0.3) is 0 Å². The Morgan fingerprint density at radius 3 is 2.69 bits per heavy atom. The molecule has 2 heterocycles. The first-order valence-corrected chi connectivity index (χ1v) is 12.0. The van der Waals surface area contributed by atoms with Crippen LogP contribution in [0.5, 0.6) is 0 Å². The van der Waals surface area contributed by atoms with E-state index < -0.39 is 16.1 Å². The van der Waals surface area contributed by atoms with Crippen LogP contribution in [0, 0.1) is 5.92 Å². The summed E-state index contributed by atoms with van der Waals surface area (Å²) in [4.78, 5) is 33.2. The zero-order chi connectivity index (χ0) is 21.0. The zero-order valence-corrected chi connectivity index (χ0v) is 18.0. The van der Waals surface area contributed by atoms with Gasteiger partial charge < -0.3 is 5.32 Å². The molecule has 29 heavy (non-hydrogen) atoms. The van der Waals surface area contributed by atoms with Crippen LogP contribution in [-0.2, 0) is 16.6 Å². The summed E-state index contributed by atoms with van der Waals surface area (Å²) >= 11 is 7.06. The number of anilines is 2. The van der Waals surface area contributed by atoms with Gasteiger partial charge in [0.1, 0.15) is 4.34 Å². The number of hydrogen-bond acceptors (Lipinski definition) is 7. The molecular weight excluding hydrogens is 438 g/mol. The summed E-state index contributed by atoms with van der Waals surface area (Å²) in [6.07, 6.45) is 7.74. The Hall–Kier alpha value is -2.08. The molecule has 156 valence electrons. The lowest BCUT2D eigenvalue weighted by Crippen LogP contribution is -2.23. The van der Waals surface area contributed by atoms with Gasteiger partial charge in [0.15, 0.2) is 10.9 Å². The number of ketones is 1. The van der Waals surface area contributed by atoms with Crippen LogP contribution in [0.15, 0.2) is 18.5 Å².